The molecule has 0 radical (unpaired) electrons. The Bertz CT molecular complexity index is 258. The molecule has 0 amide bonds. The minimum absolute atomic E-state index is 0.271. The van der Waals surface area contributed by atoms with Gasteiger partial charge in [-0.1, -0.05) is 30.4 Å². The van der Waals surface area contributed by atoms with Crippen LogP contribution in [0.3, 0.4) is 0 Å². The van der Waals surface area contributed by atoms with E-state index < -0.39 is 0 Å². The van der Waals surface area contributed by atoms with Gasteiger partial charge in [-0.3, -0.25) is 0 Å². The fraction of sp³-hybridized carbons (Fsp3) is 0.417. The summed E-state index contributed by atoms with van der Waals surface area (Å²) in [6.07, 6.45) is 12.3. The molecular formula is C12H16O. The molecule has 1 aliphatic rings. The van der Waals surface area contributed by atoms with E-state index in [2.05, 4.69) is 12.2 Å². The molecular weight excluding hydrogens is 160 g/mol. The molecule has 1 fully saturated rings. The van der Waals surface area contributed by atoms with Crippen LogP contribution in [0.15, 0.2) is 36.0 Å². The van der Waals surface area contributed by atoms with E-state index in [9.17, 15) is 4.79 Å². The summed E-state index contributed by atoms with van der Waals surface area (Å²) in [6, 6.07) is 0. The molecule has 2 atom stereocenters. The summed E-state index contributed by atoms with van der Waals surface area (Å²) in [6.45, 7) is 4.00. The molecule has 70 valence electrons. The lowest BCUT2D eigenvalue weighted by molar-refractivity contribution is -0.109. The van der Waals surface area contributed by atoms with E-state index in [1.165, 1.54) is 5.57 Å². The van der Waals surface area contributed by atoms with Crippen molar-refractivity contribution in [2.24, 2.45) is 11.8 Å². The zero-order chi connectivity index (χ0) is 9.68. The molecule has 0 saturated heterocycles. The average molecular weight is 176 g/mol. The van der Waals surface area contributed by atoms with Gasteiger partial charge in [0.2, 0.25) is 0 Å². The molecule has 1 nitrogen and oxygen atoms in total. The van der Waals surface area contributed by atoms with Crippen molar-refractivity contribution in [3.63, 3.8) is 0 Å². The lowest BCUT2D eigenvalue weighted by Gasteiger charge is -1.96. The zero-order valence-corrected chi connectivity index (χ0v) is 8.23. The Morgan fingerprint density at radius 3 is 2.54 bits per heavy atom. The molecule has 0 bridgehead atoms. The molecule has 2 unspecified atom stereocenters. The fourth-order valence-corrected chi connectivity index (χ4v) is 1.45. The van der Waals surface area contributed by atoms with Gasteiger partial charge in [0, 0.05) is 5.92 Å². The molecule has 0 aromatic heterocycles. The Labute approximate surface area is 79.8 Å². The van der Waals surface area contributed by atoms with Crippen LogP contribution in [0.4, 0.5) is 0 Å². The molecule has 1 rings (SSSR count). The Balaban J connectivity index is 2.64. The zero-order valence-electron chi connectivity index (χ0n) is 8.23. The van der Waals surface area contributed by atoms with E-state index in [1.807, 2.05) is 32.1 Å². The maximum atomic E-state index is 10.5. The molecule has 1 aliphatic carbocycles. The van der Waals surface area contributed by atoms with Crippen LogP contribution in [0.2, 0.25) is 0 Å². The monoisotopic (exact) mass is 176 g/mol. The van der Waals surface area contributed by atoms with E-state index in [4.69, 9.17) is 0 Å². The normalized spacial score (nSPS) is 28.6. The standard InChI is InChI=1S/C12H16O/c1-3-5-7-10(6-4-2)12-8-11(12)9-13/h3-7,9,11-12H,8H2,1-2H3/b5-3-,6-4-,10-7+. The Hall–Kier alpha value is -1.11. The highest BCUT2D eigenvalue weighted by Gasteiger charge is 2.38. The highest BCUT2D eigenvalue weighted by molar-refractivity contribution is 5.60. The van der Waals surface area contributed by atoms with E-state index >= 15 is 0 Å². The SMILES string of the molecule is C\C=C/C=C(\C=C/C)C1CC1C=O. The van der Waals surface area contributed by atoms with Crippen LogP contribution in [0.1, 0.15) is 20.3 Å². The van der Waals surface area contributed by atoms with E-state index in [1.54, 1.807) is 0 Å². The Morgan fingerprint density at radius 1 is 1.31 bits per heavy atom. The topological polar surface area (TPSA) is 17.1 Å². The van der Waals surface area contributed by atoms with Crippen molar-refractivity contribution in [3.05, 3.63) is 36.0 Å². The lowest BCUT2D eigenvalue weighted by atomic mass is 10.1. The van der Waals surface area contributed by atoms with Crippen molar-refractivity contribution >= 4 is 6.29 Å². The van der Waals surface area contributed by atoms with Crippen LogP contribution >= 0.6 is 0 Å². The van der Waals surface area contributed by atoms with Gasteiger partial charge in [0.15, 0.2) is 0 Å². The summed E-state index contributed by atoms with van der Waals surface area (Å²) in [7, 11) is 0. The van der Waals surface area contributed by atoms with Crippen LogP contribution in [-0.2, 0) is 4.79 Å². The van der Waals surface area contributed by atoms with Crippen molar-refractivity contribution in [1.29, 1.82) is 0 Å². The largest absolute Gasteiger partial charge is 0.303 e. The number of hydrogen-bond donors (Lipinski definition) is 0. The van der Waals surface area contributed by atoms with Crippen LogP contribution in [0.25, 0.3) is 0 Å². The summed E-state index contributed by atoms with van der Waals surface area (Å²) in [5.74, 6) is 0.748. The number of carbonyl (C=O) groups excluding carboxylic acids is 1. The fourth-order valence-electron chi connectivity index (χ4n) is 1.45. The first kappa shape index (κ1) is 9.97. The second-order valence-corrected chi connectivity index (χ2v) is 3.33. The summed E-state index contributed by atoms with van der Waals surface area (Å²) in [4.78, 5) is 10.5. The van der Waals surface area contributed by atoms with Gasteiger partial charge in [0.1, 0.15) is 6.29 Å². The maximum absolute atomic E-state index is 10.5. The first-order valence-corrected chi connectivity index (χ1v) is 4.74. The summed E-state index contributed by atoms with van der Waals surface area (Å²) >= 11 is 0. The van der Waals surface area contributed by atoms with E-state index in [0.717, 1.165) is 12.7 Å². The lowest BCUT2D eigenvalue weighted by Crippen LogP contribution is -1.86. The second kappa shape index (κ2) is 4.80. The van der Waals surface area contributed by atoms with Crippen LogP contribution in [-0.4, -0.2) is 6.29 Å². The van der Waals surface area contributed by atoms with Crippen LogP contribution in [0, 0.1) is 11.8 Å². The summed E-state index contributed by atoms with van der Waals surface area (Å²) in [5, 5.41) is 0. The highest BCUT2D eigenvalue weighted by Crippen LogP contribution is 2.43. The second-order valence-electron chi connectivity index (χ2n) is 3.33. The minimum Gasteiger partial charge on any atom is -0.303 e. The average Bonchev–Trinajstić information content (AvgIpc) is 2.91. The Morgan fingerprint density at radius 2 is 2.08 bits per heavy atom. The van der Waals surface area contributed by atoms with Crippen molar-refractivity contribution in [1.82, 2.24) is 0 Å². The van der Waals surface area contributed by atoms with Crippen molar-refractivity contribution in [2.45, 2.75) is 20.3 Å². The number of allylic oxidation sites excluding steroid dienone is 6. The van der Waals surface area contributed by atoms with Gasteiger partial charge in [-0.15, -0.1) is 0 Å². The third kappa shape index (κ3) is 2.69. The smallest absolute Gasteiger partial charge is 0.123 e. The molecule has 0 aliphatic heterocycles. The van der Waals surface area contributed by atoms with E-state index in [-0.39, 0.29) is 5.92 Å². The highest BCUT2D eigenvalue weighted by atomic mass is 16.1. The summed E-state index contributed by atoms with van der Waals surface area (Å²) < 4.78 is 0. The van der Waals surface area contributed by atoms with Gasteiger partial charge in [0.25, 0.3) is 0 Å². The number of aldehydes is 1. The molecule has 0 spiro atoms. The minimum atomic E-state index is 0.271. The third-order valence-electron chi connectivity index (χ3n) is 2.28. The molecule has 1 heteroatoms. The van der Waals surface area contributed by atoms with Crippen molar-refractivity contribution < 1.29 is 4.79 Å². The molecule has 1 saturated carbocycles. The number of rotatable bonds is 4. The molecule has 0 N–H and O–H groups in total. The number of hydrogen-bond acceptors (Lipinski definition) is 1. The van der Waals surface area contributed by atoms with Crippen LogP contribution < -0.4 is 0 Å². The van der Waals surface area contributed by atoms with Gasteiger partial charge in [-0.25, -0.2) is 0 Å². The van der Waals surface area contributed by atoms with Gasteiger partial charge in [-0.05, 0) is 31.8 Å². The predicted octanol–water partition coefficient (Wildman–Crippen LogP) is 2.90. The molecule has 0 aromatic rings. The van der Waals surface area contributed by atoms with Crippen LogP contribution in [0.5, 0.6) is 0 Å². The quantitative estimate of drug-likeness (QED) is 0.475. The van der Waals surface area contributed by atoms with E-state index in [0.29, 0.717) is 5.92 Å². The Kier molecular flexibility index (Phi) is 3.69. The predicted molar refractivity (Wildman–Crippen MR) is 55.4 cm³/mol. The maximum Gasteiger partial charge on any atom is 0.123 e. The summed E-state index contributed by atoms with van der Waals surface area (Å²) in [5.41, 5.74) is 1.28. The van der Waals surface area contributed by atoms with Gasteiger partial charge >= 0.3 is 0 Å². The third-order valence-corrected chi connectivity index (χ3v) is 2.28. The van der Waals surface area contributed by atoms with Gasteiger partial charge in [-0.2, -0.15) is 0 Å². The van der Waals surface area contributed by atoms with Crippen molar-refractivity contribution in [3.8, 4) is 0 Å². The first-order valence-electron chi connectivity index (χ1n) is 4.74. The number of carbonyl (C=O) groups is 1. The van der Waals surface area contributed by atoms with Gasteiger partial charge in [0.05, 0.1) is 0 Å². The van der Waals surface area contributed by atoms with Gasteiger partial charge < -0.3 is 4.79 Å². The molecule has 13 heavy (non-hydrogen) atoms. The molecule has 0 aromatic carbocycles. The molecule has 0 heterocycles. The van der Waals surface area contributed by atoms with Crippen molar-refractivity contribution in [2.75, 3.05) is 0 Å². The first-order chi connectivity index (χ1) is 6.33.